The Kier molecular flexibility index (Phi) is 3.13. The number of amides is 1. The summed E-state index contributed by atoms with van der Waals surface area (Å²) in [5.41, 5.74) is 1.57. The van der Waals surface area contributed by atoms with Crippen molar-refractivity contribution in [2.45, 2.75) is 0 Å². The van der Waals surface area contributed by atoms with Crippen LogP contribution in [0.15, 0.2) is 24.3 Å². The van der Waals surface area contributed by atoms with Gasteiger partial charge < -0.3 is 19.9 Å². The van der Waals surface area contributed by atoms with Gasteiger partial charge in [-0.05, 0) is 18.2 Å². The summed E-state index contributed by atoms with van der Waals surface area (Å²) < 4.78 is 5.18. The maximum atomic E-state index is 12.4. The van der Waals surface area contributed by atoms with E-state index in [9.17, 15) is 4.79 Å². The molecule has 2 heterocycles. The van der Waals surface area contributed by atoms with E-state index < -0.39 is 0 Å². The van der Waals surface area contributed by atoms with Crippen LogP contribution < -0.4 is 10.1 Å². The quantitative estimate of drug-likeness (QED) is 0.852. The van der Waals surface area contributed by atoms with Gasteiger partial charge in [-0.25, -0.2) is 0 Å². The lowest BCUT2D eigenvalue weighted by atomic mass is 10.2. The number of hydrogen-bond donors (Lipinski definition) is 2. The Balaban J connectivity index is 1.89. The molecule has 1 aliphatic rings. The summed E-state index contributed by atoms with van der Waals surface area (Å²) in [6, 6.07) is 7.66. The number of nitrogens with one attached hydrogen (secondary N) is 2. The minimum atomic E-state index is 0.0664. The summed E-state index contributed by atoms with van der Waals surface area (Å²) in [7, 11) is 1.64. The number of rotatable bonds is 2. The molecule has 19 heavy (non-hydrogen) atoms. The lowest BCUT2D eigenvalue weighted by Gasteiger charge is -2.26. The molecule has 5 nitrogen and oxygen atoms in total. The highest BCUT2D eigenvalue weighted by molar-refractivity contribution is 5.98. The molecule has 1 aromatic carbocycles. The number of aromatic nitrogens is 1. The summed E-state index contributed by atoms with van der Waals surface area (Å²) in [6.45, 7) is 3.24. The Bertz CT molecular complexity index is 600. The molecule has 0 bridgehead atoms. The molecule has 2 N–H and O–H groups in total. The number of aromatic amines is 1. The van der Waals surface area contributed by atoms with Crippen molar-refractivity contribution in [2.24, 2.45) is 0 Å². The Morgan fingerprint density at radius 2 is 2.05 bits per heavy atom. The van der Waals surface area contributed by atoms with Gasteiger partial charge in [0.2, 0.25) is 0 Å². The number of methoxy groups -OCH3 is 1. The van der Waals surface area contributed by atoms with Crippen molar-refractivity contribution in [3.8, 4) is 5.75 Å². The first kappa shape index (κ1) is 12.0. The van der Waals surface area contributed by atoms with Crippen LogP contribution in [-0.4, -0.2) is 49.1 Å². The highest BCUT2D eigenvalue weighted by atomic mass is 16.5. The molecular formula is C14H17N3O2. The topological polar surface area (TPSA) is 57.4 Å². The minimum Gasteiger partial charge on any atom is -0.497 e. The van der Waals surface area contributed by atoms with Gasteiger partial charge in [-0.2, -0.15) is 0 Å². The number of piperazine rings is 1. The van der Waals surface area contributed by atoms with E-state index in [1.54, 1.807) is 7.11 Å². The second-order valence-corrected chi connectivity index (χ2v) is 4.68. The monoisotopic (exact) mass is 259 g/mol. The zero-order valence-electron chi connectivity index (χ0n) is 10.9. The number of hydrogen-bond acceptors (Lipinski definition) is 3. The maximum Gasteiger partial charge on any atom is 0.270 e. The number of fused-ring (bicyclic) bond motifs is 1. The Morgan fingerprint density at radius 1 is 1.26 bits per heavy atom. The molecule has 1 saturated heterocycles. The number of ether oxygens (including phenoxy) is 1. The van der Waals surface area contributed by atoms with Crippen LogP contribution in [0.1, 0.15) is 10.5 Å². The Hall–Kier alpha value is -2.01. The number of H-pyrrole nitrogens is 1. The average molecular weight is 259 g/mol. The molecule has 0 unspecified atom stereocenters. The lowest BCUT2D eigenvalue weighted by Crippen LogP contribution is -2.46. The van der Waals surface area contributed by atoms with Crippen molar-refractivity contribution in [1.82, 2.24) is 15.2 Å². The van der Waals surface area contributed by atoms with Gasteiger partial charge in [0.05, 0.1) is 7.11 Å². The number of carbonyl (C=O) groups is 1. The summed E-state index contributed by atoms with van der Waals surface area (Å²) in [5.74, 6) is 0.854. The second kappa shape index (κ2) is 4.93. The van der Waals surface area contributed by atoms with Gasteiger partial charge in [0.15, 0.2) is 0 Å². The second-order valence-electron chi connectivity index (χ2n) is 4.68. The molecular weight excluding hydrogens is 242 g/mol. The Labute approximate surface area is 111 Å². The van der Waals surface area contributed by atoms with E-state index in [1.165, 1.54) is 0 Å². The standard InChI is InChI=1S/C14H17N3O2/c1-19-11-3-2-10-8-13(16-12(10)9-11)14(18)17-6-4-15-5-7-17/h2-3,8-9,15-16H,4-7H2,1H3. The average Bonchev–Trinajstić information content (AvgIpc) is 2.90. The third-order valence-electron chi connectivity index (χ3n) is 3.46. The van der Waals surface area contributed by atoms with E-state index in [-0.39, 0.29) is 5.91 Å². The van der Waals surface area contributed by atoms with Crippen LogP contribution in [0.25, 0.3) is 10.9 Å². The molecule has 2 aromatic rings. The van der Waals surface area contributed by atoms with Gasteiger partial charge in [0.25, 0.3) is 5.91 Å². The molecule has 1 amide bonds. The summed E-state index contributed by atoms with van der Waals surface area (Å²) in [6.07, 6.45) is 0. The fourth-order valence-corrected chi connectivity index (χ4v) is 2.39. The summed E-state index contributed by atoms with van der Waals surface area (Å²) in [5, 5.41) is 4.27. The first-order chi connectivity index (χ1) is 9.28. The predicted molar refractivity (Wildman–Crippen MR) is 73.6 cm³/mol. The molecule has 0 spiro atoms. The lowest BCUT2D eigenvalue weighted by molar-refractivity contribution is 0.0731. The first-order valence-electron chi connectivity index (χ1n) is 6.45. The minimum absolute atomic E-state index is 0.0664. The highest BCUT2D eigenvalue weighted by Gasteiger charge is 2.19. The summed E-state index contributed by atoms with van der Waals surface area (Å²) in [4.78, 5) is 17.4. The van der Waals surface area contributed by atoms with Crippen LogP contribution >= 0.6 is 0 Å². The van der Waals surface area contributed by atoms with Crippen LogP contribution in [-0.2, 0) is 0 Å². The van der Waals surface area contributed by atoms with Gasteiger partial charge in [0, 0.05) is 43.1 Å². The SMILES string of the molecule is COc1ccc2cc(C(=O)N3CCNCC3)[nH]c2c1. The molecule has 1 fully saturated rings. The van der Waals surface area contributed by atoms with Crippen LogP contribution in [0.4, 0.5) is 0 Å². The Morgan fingerprint density at radius 3 is 2.79 bits per heavy atom. The number of nitrogens with zero attached hydrogens (tertiary/aromatic N) is 1. The first-order valence-corrected chi connectivity index (χ1v) is 6.45. The van der Waals surface area contributed by atoms with Gasteiger partial charge in [0.1, 0.15) is 11.4 Å². The van der Waals surface area contributed by atoms with E-state index in [4.69, 9.17) is 4.74 Å². The number of carbonyl (C=O) groups excluding carboxylic acids is 1. The molecule has 3 rings (SSSR count). The molecule has 1 aliphatic heterocycles. The largest absolute Gasteiger partial charge is 0.497 e. The van der Waals surface area contributed by atoms with Gasteiger partial charge >= 0.3 is 0 Å². The molecule has 1 aromatic heterocycles. The molecule has 0 atom stereocenters. The number of benzene rings is 1. The molecule has 5 heteroatoms. The van der Waals surface area contributed by atoms with Crippen molar-refractivity contribution in [1.29, 1.82) is 0 Å². The predicted octanol–water partition coefficient (Wildman–Crippen LogP) is 1.22. The third kappa shape index (κ3) is 2.29. The zero-order chi connectivity index (χ0) is 13.2. The molecule has 0 saturated carbocycles. The van der Waals surface area contributed by atoms with Crippen LogP contribution in [0.3, 0.4) is 0 Å². The molecule has 100 valence electrons. The molecule has 0 aliphatic carbocycles. The van der Waals surface area contributed by atoms with Crippen LogP contribution in [0, 0.1) is 0 Å². The third-order valence-corrected chi connectivity index (χ3v) is 3.46. The van der Waals surface area contributed by atoms with Crippen LogP contribution in [0.5, 0.6) is 5.75 Å². The van der Waals surface area contributed by atoms with Gasteiger partial charge in [-0.15, -0.1) is 0 Å². The van der Waals surface area contributed by atoms with E-state index in [2.05, 4.69) is 10.3 Å². The van der Waals surface area contributed by atoms with Gasteiger partial charge in [-0.1, -0.05) is 0 Å². The van der Waals surface area contributed by atoms with Crippen molar-refractivity contribution in [2.75, 3.05) is 33.3 Å². The smallest absolute Gasteiger partial charge is 0.270 e. The fourth-order valence-electron chi connectivity index (χ4n) is 2.39. The van der Waals surface area contributed by atoms with Crippen molar-refractivity contribution in [3.05, 3.63) is 30.0 Å². The van der Waals surface area contributed by atoms with Crippen molar-refractivity contribution >= 4 is 16.8 Å². The van der Waals surface area contributed by atoms with E-state index >= 15 is 0 Å². The normalized spacial score (nSPS) is 15.7. The molecule has 0 radical (unpaired) electrons. The van der Waals surface area contributed by atoms with Gasteiger partial charge in [-0.3, -0.25) is 4.79 Å². The van der Waals surface area contributed by atoms with E-state index in [1.807, 2.05) is 29.2 Å². The van der Waals surface area contributed by atoms with Crippen molar-refractivity contribution < 1.29 is 9.53 Å². The van der Waals surface area contributed by atoms with E-state index in [0.717, 1.165) is 42.8 Å². The summed E-state index contributed by atoms with van der Waals surface area (Å²) >= 11 is 0. The van der Waals surface area contributed by atoms with Crippen molar-refractivity contribution in [3.63, 3.8) is 0 Å². The zero-order valence-corrected chi connectivity index (χ0v) is 10.9. The fraction of sp³-hybridized carbons (Fsp3) is 0.357. The maximum absolute atomic E-state index is 12.4. The van der Waals surface area contributed by atoms with E-state index in [0.29, 0.717) is 5.69 Å². The van der Waals surface area contributed by atoms with Crippen LogP contribution in [0.2, 0.25) is 0 Å². The highest BCUT2D eigenvalue weighted by Crippen LogP contribution is 2.21.